The molecule has 1 aliphatic heterocycles. The van der Waals surface area contributed by atoms with Gasteiger partial charge in [0, 0.05) is 25.3 Å². The van der Waals surface area contributed by atoms with E-state index in [9.17, 15) is 13.2 Å². The molecular weight excluding hydrogens is 305 g/mol. The highest BCUT2D eigenvalue weighted by Gasteiger charge is 2.35. The lowest BCUT2D eigenvalue weighted by Crippen LogP contribution is -2.14. The van der Waals surface area contributed by atoms with Crippen molar-refractivity contribution < 1.29 is 17.9 Å². The van der Waals surface area contributed by atoms with Crippen LogP contribution in [-0.2, 0) is 17.5 Å². The SMILES string of the molecule is FC(F)(F)c1nnc(Cn2cnc(C3CCOCC3)c2)s1. The Morgan fingerprint density at radius 1 is 1.29 bits per heavy atom. The van der Waals surface area contributed by atoms with Gasteiger partial charge in [-0.2, -0.15) is 13.2 Å². The lowest BCUT2D eigenvalue weighted by atomic mass is 9.97. The molecule has 0 aliphatic carbocycles. The number of aromatic nitrogens is 4. The molecule has 9 heteroatoms. The zero-order valence-electron chi connectivity index (χ0n) is 11.0. The van der Waals surface area contributed by atoms with Gasteiger partial charge in [-0.25, -0.2) is 4.98 Å². The van der Waals surface area contributed by atoms with Crippen LogP contribution in [0.1, 0.15) is 34.5 Å². The summed E-state index contributed by atoms with van der Waals surface area (Å²) in [7, 11) is 0. The first-order valence-electron chi connectivity index (χ1n) is 6.51. The molecule has 3 heterocycles. The fourth-order valence-corrected chi connectivity index (χ4v) is 2.97. The van der Waals surface area contributed by atoms with E-state index in [1.165, 1.54) is 0 Å². The molecule has 0 atom stereocenters. The smallest absolute Gasteiger partial charge is 0.381 e. The Hall–Kier alpha value is -1.48. The van der Waals surface area contributed by atoms with Crippen molar-refractivity contribution in [3.05, 3.63) is 28.2 Å². The van der Waals surface area contributed by atoms with Crippen molar-refractivity contribution in [2.45, 2.75) is 31.5 Å². The first-order valence-corrected chi connectivity index (χ1v) is 7.33. The zero-order valence-corrected chi connectivity index (χ0v) is 11.8. The molecule has 2 aromatic heterocycles. The number of hydrogen-bond donors (Lipinski definition) is 0. The Kier molecular flexibility index (Phi) is 3.94. The van der Waals surface area contributed by atoms with E-state index in [-0.39, 0.29) is 6.54 Å². The monoisotopic (exact) mass is 318 g/mol. The molecule has 0 spiro atoms. The second-order valence-corrected chi connectivity index (χ2v) is 5.92. The van der Waals surface area contributed by atoms with Gasteiger partial charge in [-0.1, -0.05) is 11.3 Å². The molecule has 0 radical (unpaired) electrons. The van der Waals surface area contributed by atoms with E-state index in [0.29, 0.717) is 22.3 Å². The van der Waals surface area contributed by atoms with Crippen molar-refractivity contribution in [1.82, 2.24) is 19.7 Å². The fourth-order valence-electron chi connectivity index (χ4n) is 2.26. The van der Waals surface area contributed by atoms with Crippen LogP contribution in [0, 0.1) is 0 Å². The van der Waals surface area contributed by atoms with Gasteiger partial charge in [0.25, 0.3) is 0 Å². The molecule has 0 aromatic carbocycles. The van der Waals surface area contributed by atoms with Gasteiger partial charge in [0.1, 0.15) is 5.01 Å². The molecule has 0 unspecified atom stereocenters. The molecular formula is C12H13F3N4OS. The molecule has 1 aliphatic rings. The Labute approximate surface area is 122 Å². The lowest BCUT2D eigenvalue weighted by Gasteiger charge is -2.19. The third kappa shape index (κ3) is 3.41. The number of hydrogen-bond acceptors (Lipinski definition) is 5. The normalized spacial score (nSPS) is 17.3. The predicted octanol–water partition coefficient (Wildman–Crippen LogP) is 2.70. The highest BCUT2D eigenvalue weighted by Crippen LogP contribution is 2.31. The van der Waals surface area contributed by atoms with Crippen molar-refractivity contribution in [3.63, 3.8) is 0 Å². The van der Waals surface area contributed by atoms with E-state index in [0.717, 1.165) is 31.7 Å². The van der Waals surface area contributed by atoms with Crippen LogP contribution in [0.3, 0.4) is 0 Å². The molecule has 5 nitrogen and oxygen atoms in total. The minimum atomic E-state index is -4.43. The summed E-state index contributed by atoms with van der Waals surface area (Å²) < 4.78 is 44.4. The van der Waals surface area contributed by atoms with Crippen LogP contribution in [0.2, 0.25) is 0 Å². The van der Waals surface area contributed by atoms with Gasteiger partial charge in [0.15, 0.2) is 0 Å². The summed E-state index contributed by atoms with van der Waals surface area (Å²) in [6.07, 6.45) is 0.907. The maximum Gasteiger partial charge on any atom is 0.445 e. The van der Waals surface area contributed by atoms with Crippen molar-refractivity contribution in [2.75, 3.05) is 13.2 Å². The number of rotatable bonds is 3. The van der Waals surface area contributed by atoms with Crippen molar-refractivity contribution in [1.29, 1.82) is 0 Å². The van der Waals surface area contributed by atoms with Crippen LogP contribution in [0.15, 0.2) is 12.5 Å². The number of imidazole rings is 1. The lowest BCUT2D eigenvalue weighted by molar-refractivity contribution is -0.138. The average molecular weight is 318 g/mol. The van der Waals surface area contributed by atoms with E-state index < -0.39 is 11.2 Å². The molecule has 1 fully saturated rings. The van der Waals surface area contributed by atoms with E-state index in [2.05, 4.69) is 15.2 Å². The summed E-state index contributed by atoms with van der Waals surface area (Å²) in [5.74, 6) is 0.361. The first-order chi connectivity index (χ1) is 10.0. The minimum Gasteiger partial charge on any atom is -0.381 e. The van der Waals surface area contributed by atoms with Crippen molar-refractivity contribution >= 4 is 11.3 Å². The van der Waals surface area contributed by atoms with Crippen LogP contribution < -0.4 is 0 Å². The van der Waals surface area contributed by atoms with Gasteiger partial charge in [-0.05, 0) is 12.8 Å². The Morgan fingerprint density at radius 3 is 2.71 bits per heavy atom. The first kappa shape index (κ1) is 14.5. The highest BCUT2D eigenvalue weighted by atomic mass is 32.1. The number of alkyl halides is 3. The van der Waals surface area contributed by atoms with Crippen LogP contribution in [0.25, 0.3) is 0 Å². The summed E-state index contributed by atoms with van der Waals surface area (Å²) in [5, 5.41) is 6.16. The Balaban J connectivity index is 1.68. The molecule has 3 rings (SSSR count). The maximum absolute atomic E-state index is 12.5. The van der Waals surface area contributed by atoms with Gasteiger partial charge >= 0.3 is 6.18 Å². The summed E-state index contributed by atoms with van der Waals surface area (Å²) >= 11 is 0.564. The van der Waals surface area contributed by atoms with Crippen LogP contribution in [-0.4, -0.2) is 33.0 Å². The van der Waals surface area contributed by atoms with Gasteiger partial charge in [0.05, 0.1) is 18.6 Å². The third-order valence-electron chi connectivity index (χ3n) is 3.32. The molecule has 2 aromatic rings. The number of halogens is 3. The second-order valence-electron chi connectivity index (χ2n) is 4.86. The Bertz CT molecular complexity index is 604. The second kappa shape index (κ2) is 5.72. The van der Waals surface area contributed by atoms with E-state index in [1.54, 1.807) is 10.9 Å². The van der Waals surface area contributed by atoms with E-state index >= 15 is 0 Å². The predicted molar refractivity (Wildman–Crippen MR) is 69.0 cm³/mol. The molecule has 0 bridgehead atoms. The van der Waals surface area contributed by atoms with Gasteiger partial charge < -0.3 is 9.30 Å². The summed E-state index contributed by atoms with van der Waals surface area (Å²) in [4.78, 5) is 4.33. The summed E-state index contributed by atoms with van der Waals surface area (Å²) in [6, 6.07) is 0. The topological polar surface area (TPSA) is 52.8 Å². The van der Waals surface area contributed by atoms with E-state index in [4.69, 9.17) is 4.74 Å². The van der Waals surface area contributed by atoms with Crippen LogP contribution in [0.5, 0.6) is 0 Å². The molecule has 114 valence electrons. The highest BCUT2D eigenvalue weighted by molar-refractivity contribution is 7.11. The van der Waals surface area contributed by atoms with Crippen LogP contribution >= 0.6 is 11.3 Å². The number of ether oxygens (including phenoxy) is 1. The molecule has 21 heavy (non-hydrogen) atoms. The number of nitrogens with zero attached hydrogens (tertiary/aromatic N) is 4. The third-order valence-corrected chi connectivity index (χ3v) is 4.27. The molecule has 0 N–H and O–H groups in total. The largest absolute Gasteiger partial charge is 0.445 e. The van der Waals surface area contributed by atoms with E-state index in [1.807, 2.05) is 6.20 Å². The van der Waals surface area contributed by atoms with Gasteiger partial charge in [-0.15, -0.1) is 10.2 Å². The maximum atomic E-state index is 12.5. The average Bonchev–Trinajstić information content (AvgIpc) is 3.09. The van der Waals surface area contributed by atoms with Crippen molar-refractivity contribution in [2.24, 2.45) is 0 Å². The van der Waals surface area contributed by atoms with Gasteiger partial charge in [-0.3, -0.25) is 0 Å². The van der Waals surface area contributed by atoms with Gasteiger partial charge in [0.2, 0.25) is 5.01 Å². The quantitative estimate of drug-likeness (QED) is 0.873. The summed E-state index contributed by atoms with van der Waals surface area (Å²) in [5.41, 5.74) is 0.957. The molecule has 1 saturated heterocycles. The Morgan fingerprint density at radius 2 is 2.05 bits per heavy atom. The van der Waals surface area contributed by atoms with Crippen LogP contribution in [0.4, 0.5) is 13.2 Å². The summed E-state index contributed by atoms with van der Waals surface area (Å²) in [6.45, 7) is 1.70. The zero-order chi connectivity index (χ0) is 14.9. The van der Waals surface area contributed by atoms with Crippen molar-refractivity contribution in [3.8, 4) is 0 Å². The molecule has 0 saturated carbocycles. The standard InChI is InChI=1S/C12H13F3N4OS/c13-12(14,15)11-18-17-10(21-11)6-19-5-9(16-7-19)8-1-3-20-4-2-8/h5,7-8H,1-4,6H2. The minimum absolute atomic E-state index is 0.254. The fraction of sp³-hybridized carbons (Fsp3) is 0.583. The molecule has 0 amide bonds.